The van der Waals surface area contributed by atoms with Gasteiger partial charge in [-0.3, -0.25) is 0 Å². The van der Waals surface area contributed by atoms with Crippen molar-refractivity contribution in [1.29, 1.82) is 5.26 Å². The van der Waals surface area contributed by atoms with Crippen LogP contribution in [0.2, 0.25) is 0 Å². The Bertz CT molecular complexity index is 976. The third kappa shape index (κ3) is 3.06. The van der Waals surface area contributed by atoms with Crippen LogP contribution in [0.3, 0.4) is 0 Å². The van der Waals surface area contributed by atoms with E-state index in [-0.39, 0.29) is 0 Å². The van der Waals surface area contributed by atoms with E-state index in [9.17, 15) is 5.26 Å². The first-order valence-corrected chi connectivity index (χ1v) is 8.98. The summed E-state index contributed by atoms with van der Waals surface area (Å²) in [6, 6.07) is 18.2. The van der Waals surface area contributed by atoms with Crippen LogP contribution in [-0.4, -0.2) is 36.1 Å². The van der Waals surface area contributed by atoms with Crippen LogP contribution >= 0.6 is 0 Å². The second-order valence-electron chi connectivity index (χ2n) is 6.58. The summed E-state index contributed by atoms with van der Waals surface area (Å²) in [5, 5.41) is 9.38. The number of fused-ring (bicyclic) bond motifs is 1. The molecule has 2 heterocycles. The minimum Gasteiger partial charge on any atom is -0.369 e. The van der Waals surface area contributed by atoms with Gasteiger partial charge in [-0.15, -0.1) is 0 Å². The molecule has 3 aromatic rings. The molecule has 5 heteroatoms. The van der Waals surface area contributed by atoms with E-state index in [0.29, 0.717) is 0 Å². The van der Waals surface area contributed by atoms with E-state index in [4.69, 9.17) is 9.97 Å². The number of nitriles is 1. The maximum atomic E-state index is 9.38. The van der Waals surface area contributed by atoms with Gasteiger partial charge in [0.25, 0.3) is 0 Å². The highest BCUT2D eigenvalue weighted by Crippen LogP contribution is 2.24. The van der Waals surface area contributed by atoms with Crippen molar-refractivity contribution in [2.24, 2.45) is 0 Å². The van der Waals surface area contributed by atoms with Gasteiger partial charge in [-0.2, -0.15) is 5.26 Å². The van der Waals surface area contributed by atoms with Crippen LogP contribution in [0.5, 0.6) is 0 Å². The van der Waals surface area contributed by atoms with Crippen LogP contribution in [0.15, 0.2) is 48.5 Å². The molecular weight excluding hydrogens is 322 g/mol. The average Bonchev–Trinajstić information content (AvgIpc) is 2.93. The second-order valence-corrected chi connectivity index (χ2v) is 6.58. The van der Waals surface area contributed by atoms with Gasteiger partial charge in [-0.25, -0.2) is 9.97 Å². The molecule has 1 aromatic heterocycles. The lowest BCUT2D eigenvalue weighted by molar-refractivity contribution is 0.793. The Morgan fingerprint density at radius 1 is 0.846 bits per heavy atom. The number of rotatable bonds is 2. The number of nitrogens with zero attached hydrogens (tertiary/aromatic N) is 5. The second kappa shape index (κ2) is 7.01. The minimum atomic E-state index is 0.739. The largest absolute Gasteiger partial charge is 0.369 e. The summed E-state index contributed by atoms with van der Waals surface area (Å²) >= 11 is 0. The number of aromatic nitrogens is 2. The molecule has 1 fully saturated rings. The molecule has 0 spiro atoms. The minimum absolute atomic E-state index is 0.739. The van der Waals surface area contributed by atoms with Crippen molar-refractivity contribution < 1.29 is 0 Å². The van der Waals surface area contributed by atoms with Gasteiger partial charge in [0.15, 0.2) is 5.82 Å². The molecule has 0 saturated carbocycles. The van der Waals surface area contributed by atoms with Crippen molar-refractivity contribution in [2.75, 3.05) is 36.0 Å². The molecule has 0 radical (unpaired) electrons. The molecule has 1 aliphatic heterocycles. The summed E-state index contributed by atoms with van der Waals surface area (Å²) in [6.07, 6.45) is 1.02. The van der Waals surface area contributed by atoms with E-state index in [1.807, 2.05) is 55.5 Å². The Balaban J connectivity index is 1.59. The number of hydrogen-bond donors (Lipinski definition) is 0. The number of para-hydroxylation sites is 3. The molecule has 0 unspecified atom stereocenters. The highest BCUT2D eigenvalue weighted by molar-refractivity contribution is 5.76. The first-order valence-electron chi connectivity index (χ1n) is 8.98. The topological polar surface area (TPSA) is 56.1 Å². The molecule has 2 aromatic carbocycles. The van der Waals surface area contributed by atoms with Crippen molar-refractivity contribution >= 4 is 22.5 Å². The summed E-state index contributed by atoms with van der Waals surface area (Å²) in [5.41, 5.74) is 4.60. The lowest BCUT2D eigenvalue weighted by Crippen LogP contribution is -2.32. The van der Waals surface area contributed by atoms with E-state index < -0.39 is 0 Å². The highest BCUT2D eigenvalue weighted by Gasteiger charge is 2.20. The monoisotopic (exact) mass is 343 g/mol. The van der Waals surface area contributed by atoms with Crippen LogP contribution in [-0.2, 0) is 0 Å². The smallest absolute Gasteiger partial charge is 0.150 e. The molecule has 26 heavy (non-hydrogen) atoms. The summed E-state index contributed by atoms with van der Waals surface area (Å²) in [5.74, 6) is 0.971. The lowest BCUT2D eigenvalue weighted by atomic mass is 10.1. The van der Waals surface area contributed by atoms with Crippen LogP contribution in [0.1, 0.15) is 17.7 Å². The fourth-order valence-corrected chi connectivity index (χ4v) is 3.59. The first-order chi connectivity index (χ1) is 12.8. The van der Waals surface area contributed by atoms with Gasteiger partial charge >= 0.3 is 0 Å². The van der Waals surface area contributed by atoms with Crippen LogP contribution in [0.4, 0.5) is 11.5 Å². The summed E-state index contributed by atoms with van der Waals surface area (Å²) < 4.78 is 0. The van der Waals surface area contributed by atoms with Crippen molar-refractivity contribution in [3.8, 4) is 6.07 Å². The molecule has 0 atom stereocenters. The molecule has 0 amide bonds. The van der Waals surface area contributed by atoms with E-state index in [2.05, 4.69) is 15.9 Å². The third-order valence-corrected chi connectivity index (χ3v) is 4.88. The Labute approximate surface area is 153 Å². The van der Waals surface area contributed by atoms with Crippen molar-refractivity contribution in [1.82, 2.24) is 9.97 Å². The molecule has 1 saturated heterocycles. The number of aryl methyl sites for hydroxylation is 1. The zero-order valence-corrected chi connectivity index (χ0v) is 14.9. The van der Waals surface area contributed by atoms with Gasteiger partial charge < -0.3 is 9.80 Å². The fourth-order valence-electron chi connectivity index (χ4n) is 3.59. The van der Waals surface area contributed by atoms with E-state index >= 15 is 0 Å². The Hall–Kier alpha value is -3.13. The summed E-state index contributed by atoms with van der Waals surface area (Å²) in [4.78, 5) is 14.2. The van der Waals surface area contributed by atoms with Crippen molar-refractivity contribution in [3.63, 3.8) is 0 Å². The Kier molecular flexibility index (Phi) is 4.40. The predicted molar refractivity (Wildman–Crippen MR) is 104 cm³/mol. The zero-order valence-electron chi connectivity index (χ0n) is 14.9. The Morgan fingerprint density at radius 2 is 1.50 bits per heavy atom. The molecule has 0 aliphatic carbocycles. The number of anilines is 2. The first kappa shape index (κ1) is 16.3. The quantitative estimate of drug-likeness (QED) is 0.712. The molecule has 0 N–H and O–H groups in total. The summed E-state index contributed by atoms with van der Waals surface area (Å²) in [7, 11) is 0. The average molecular weight is 343 g/mol. The molecule has 1 aliphatic rings. The molecule has 130 valence electrons. The number of benzene rings is 2. The van der Waals surface area contributed by atoms with E-state index in [0.717, 1.165) is 66.4 Å². The van der Waals surface area contributed by atoms with E-state index in [1.54, 1.807) is 0 Å². The summed E-state index contributed by atoms with van der Waals surface area (Å²) in [6.45, 7) is 5.65. The van der Waals surface area contributed by atoms with Gasteiger partial charge in [0.05, 0.1) is 28.0 Å². The van der Waals surface area contributed by atoms with Crippen molar-refractivity contribution in [2.45, 2.75) is 13.3 Å². The van der Waals surface area contributed by atoms with E-state index in [1.165, 1.54) is 0 Å². The molecular formula is C21H21N5. The van der Waals surface area contributed by atoms with Gasteiger partial charge in [-0.1, -0.05) is 24.3 Å². The van der Waals surface area contributed by atoms with Gasteiger partial charge in [0.1, 0.15) is 6.07 Å². The zero-order chi connectivity index (χ0) is 17.9. The Morgan fingerprint density at radius 3 is 2.31 bits per heavy atom. The molecule has 4 rings (SSSR count). The predicted octanol–water partition coefficient (Wildman–Crippen LogP) is 3.53. The normalized spacial score (nSPS) is 14.9. The number of hydrogen-bond acceptors (Lipinski definition) is 5. The van der Waals surface area contributed by atoms with Gasteiger partial charge in [0.2, 0.25) is 0 Å². The van der Waals surface area contributed by atoms with Crippen molar-refractivity contribution in [3.05, 3.63) is 59.8 Å². The maximum Gasteiger partial charge on any atom is 0.150 e. The highest BCUT2D eigenvalue weighted by atomic mass is 15.3. The van der Waals surface area contributed by atoms with Crippen LogP contribution in [0.25, 0.3) is 11.0 Å². The fraction of sp³-hybridized carbons (Fsp3) is 0.286. The molecule has 5 nitrogen and oxygen atoms in total. The van der Waals surface area contributed by atoms with Gasteiger partial charge in [0, 0.05) is 26.2 Å². The SMILES string of the molecule is Cc1nc2ccccc2nc1N1CCCN(c2ccccc2C#N)CC1. The van der Waals surface area contributed by atoms with Gasteiger partial charge in [-0.05, 0) is 37.6 Å². The van der Waals surface area contributed by atoms with Crippen LogP contribution < -0.4 is 9.80 Å². The standard InChI is InChI=1S/C21H21N5/c1-16-21(24-19-9-4-3-8-18(19)23-16)26-12-6-11-25(13-14-26)20-10-5-2-7-17(20)15-22/h2-5,7-10H,6,11-14H2,1H3. The molecule has 0 bridgehead atoms. The van der Waals surface area contributed by atoms with Crippen LogP contribution in [0, 0.1) is 18.3 Å². The maximum absolute atomic E-state index is 9.38. The lowest BCUT2D eigenvalue weighted by Gasteiger charge is -2.25. The third-order valence-electron chi connectivity index (χ3n) is 4.88.